The predicted molar refractivity (Wildman–Crippen MR) is 63.6 cm³/mol. The predicted octanol–water partition coefficient (Wildman–Crippen LogP) is -1.89. The largest absolute Gasteiger partial charge is 0.394 e. The van der Waals surface area contributed by atoms with Crippen molar-refractivity contribution in [3.63, 3.8) is 0 Å². The number of anilines is 1. The maximum absolute atomic E-state index is 12.0. The van der Waals surface area contributed by atoms with Gasteiger partial charge >= 0.3 is 11.2 Å². The van der Waals surface area contributed by atoms with Crippen molar-refractivity contribution < 1.29 is 14.4 Å². The van der Waals surface area contributed by atoms with Crippen LogP contribution in [0.25, 0.3) is 11.2 Å². The summed E-state index contributed by atoms with van der Waals surface area (Å²) < 4.78 is 9.85. The van der Waals surface area contributed by atoms with E-state index in [4.69, 9.17) is 15.6 Å². The number of aliphatic hydroxyl groups excluding tert-OH is 1. The molecule has 0 saturated heterocycles. The first-order valence-corrected chi connectivity index (χ1v) is 5.46. The van der Waals surface area contributed by atoms with Crippen LogP contribution in [0.15, 0.2) is 11.1 Å². The van der Waals surface area contributed by atoms with Crippen LogP contribution >= 0.6 is 0 Å². The summed E-state index contributed by atoms with van der Waals surface area (Å²) in [6, 6.07) is 0. The maximum atomic E-state index is 12.0. The molecule has 0 aliphatic carbocycles. The van der Waals surface area contributed by atoms with Crippen molar-refractivity contribution in [1.29, 1.82) is 0 Å². The van der Waals surface area contributed by atoms with Gasteiger partial charge in [-0.2, -0.15) is 0 Å². The minimum atomic E-state index is -0.207. The second-order valence-corrected chi connectivity index (χ2v) is 3.96. The summed E-state index contributed by atoms with van der Waals surface area (Å²) >= 11 is 0. The summed E-state index contributed by atoms with van der Waals surface area (Å²) in [5.74, 6) is 0.148. The van der Waals surface area contributed by atoms with Crippen molar-refractivity contribution in [2.45, 2.75) is 6.73 Å². The van der Waals surface area contributed by atoms with Crippen LogP contribution in [-0.4, -0.2) is 32.4 Å². The molecule has 18 heavy (non-hydrogen) atoms. The summed E-state index contributed by atoms with van der Waals surface area (Å²) in [4.78, 5) is 16.2. The molecule has 98 valence electrons. The number of rotatable bonds is 4. The summed E-state index contributed by atoms with van der Waals surface area (Å²) in [6.07, 6.45) is 1.70. The average Bonchev–Trinajstić information content (AvgIpc) is 2.63. The highest BCUT2D eigenvalue weighted by Crippen LogP contribution is 2.04. The lowest BCUT2D eigenvalue weighted by Gasteiger charge is -2.00. The zero-order valence-electron chi connectivity index (χ0n) is 10.3. The number of ether oxygens (including phenoxy) is 1. The van der Waals surface area contributed by atoms with Crippen molar-refractivity contribution in [2.24, 2.45) is 14.1 Å². The van der Waals surface area contributed by atoms with E-state index in [1.54, 1.807) is 29.6 Å². The average molecular weight is 254 g/mol. The Labute approximate surface area is 103 Å². The number of aryl methyl sites for hydroxylation is 1. The van der Waals surface area contributed by atoms with E-state index in [-0.39, 0.29) is 31.5 Å². The summed E-state index contributed by atoms with van der Waals surface area (Å²) in [5, 5.41) is 8.66. The van der Waals surface area contributed by atoms with Crippen molar-refractivity contribution in [2.75, 3.05) is 18.9 Å². The van der Waals surface area contributed by atoms with Crippen LogP contribution in [0.5, 0.6) is 0 Å². The molecule has 2 aromatic heterocycles. The summed E-state index contributed by atoms with van der Waals surface area (Å²) in [6.45, 7) is 0.379. The first-order valence-electron chi connectivity index (χ1n) is 5.46. The number of imidazole rings is 1. The zero-order valence-corrected chi connectivity index (χ0v) is 10.3. The lowest BCUT2D eigenvalue weighted by Crippen LogP contribution is -2.36. The van der Waals surface area contributed by atoms with Gasteiger partial charge in [0.15, 0.2) is 13.1 Å². The smallest absolute Gasteiger partial charge is 0.313 e. The van der Waals surface area contributed by atoms with Crippen LogP contribution in [0.4, 0.5) is 5.95 Å². The SMILES string of the molecule is Cn1c(N)nc2c(c1=O)n(C)c[n+]2COCCO. The molecule has 3 N–H and O–H groups in total. The van der Waals surface area contributed by atoms with Crippen LogP contribution in [0.3, 0.4) is 0 Å². The molecule has 0 fully saturated rings. The summed E-state index contributed by atoms with van der Waals surface area (Å²) in [5.41, 5.74) is 6.39. The van der Waals surface area contributed by atoms with E-state index < -0.39 is 0 Å². The number of fused-ring (bicyclic) bond motifs is 1. The van der Waals surface area contributed by atoms with Crippen molar-refractivity contribution in [1.82, 2.24) is 14.1 Å². The standard InChI is InChI=1S/C10H15N5O3/c1-13-5-15(6-18-4-3-16)8-7(13)9(17)14(2)10(11)12-8/h5,16H,3-4,6H2,1-2H3,(H-,11,12,17)/p+1. The van der Waals surface area contributed by atoms with Crippen molar-refractivity contribution in [3.8, 4) is 0 Å². The van der Waals surface area contributed by atoms with Gasteiger partial charge in [-0.25, -0.2) is 4.57 Å². The Hall–Kier alpha value is -1.93. The second kappa shape index (κ2) is 4.75. The first kappa shape index (κ1) is 12.5. The van der Waals surface area contributed by atoms with E-state index in [1.807, 2.05) is 0 Å². The molecule has 0 radical (unpaired) electrons. The lowest BCUT2D eigenvalue weighted by atomic mass is 10.5. The van der Waals surface area contributed by atoms with Gasteiger partial charge in [0.05, 0.1) is 20.3 Å². The number of nitrogens with two attached hydrogens (primary N) is 1. The molecule has 0 aromatic carbocycles. The third-order valence-corrected chi connectivity index (χ3v) is 2.69. The molecule has 2 aromatic rings. The third-order valence-electron chi connectivity index (χ3n) is 2.69. The molecular weight excluding hydrogens is 238 g/mol. The van der Waals surface area contributed by atoms with E-state index in [0.717, 1.165) is 0 Å². The van der Waals surface area contributed by atoms with Crippen LogP contribution in [0.1, 0.15) is 0 Å². The fourth-order valence-corrected chi connectivity index (χ4v) is 1.75. The van der Waals surface area contributed by atoms with Crippen LogP contribution in [0, 0.1) is 0 Å². The lowest BCUT2D eigenvalue weighted by molar-refractivity contribution is -0.711. The molecule has 0 atom stereocenters. The van der Waals surface area contributed by atoms with E-state index in [0.29, 0.717) is 11.2 Å². The molecule has 0 unspecified atom stereocenters. The number of aromatic nitrogens is 4. The molecule has 0 spiro atoms. The van der Waals surface area contributed by atoms with E-state index in [9.17, 15) is 4.79 Å². The number of hydrogen-bond donors (Lipinski definition) is 2. The Kier molecular flexibility index (Phi) is 3.30. The Balaban J connectivity index is 2.54. The molecule has 2 rings (SSSR count). The van der Waals surface area contributed by atoms with E-state index in [2.05, 4.69) is 4.98 Å². The quantitative estimate of drug-likeness (QED) is 0.491. The molecule has 8 nitrogen and oxygen atoms in total. The van der Waals surface area contributed by atoms with Crippen LogP contribution in [0.2, 0.25) is 0 Å². The highest BCUT2D eigenvalue weighted by atomic mass is 16.5. The van der Waals surface area contributed by atoms with Crippen LogP contribution in [-0.2, 0) is 25.6 Å². The molecule has 0 aliphatic heterocycles. The Bertz CT molecular complexity index is 630. The minimum Gasteiger partial charge on any atom is -0.394 e. The Morgan fingerprint density at radius 3 is 2.94 bits per heavy atom. The number of aliphatic hydroxyl groups is 1. The van der Waals surface area contributed by atoms with Gasteiger partial charge in [-0.1, -0.05) is 4.98 Å². The van der Waals surface area contributed by atoms with Crippen molar-refractivity contribution in [3.05, 3.63) is 16.7 Å². The molecular formula is C10H16N5O3+. The second-order valence-electron chi connectivity index (χ2n) is 3.96. The molecule has 0 saturated carbocycles. The highest BCUT2D eigenvalue weighted by molar-refractivity contribution is 5.67. The number of nitrogen functional groups attached to an aromatic ring is 1. The molecule has 2 heterocycles. The van der Waals surface area contributed by atoms with Gasteiger partial charge in [0, 0.05) is 7.05 Å². The number of hydrogen-bond acceptors (Lipinski definition) is 5. The van der Waals surface area contributed by atoms with Gasteiger partial charge in [0.2, 0.25) is 5.52 Å². The van der Waals surface area contributed by atoms with Crippen molar-refractivity contribution >= 4 is 17.1 Å². The van der Waals surface area contributed by atoms with Crippen LogP contribution < -0.4 is 15.9 Å². The maximum Gasteiger partial charge on any atom is 0.313 e. The molecule has 0 amide bonds. The Morgan fingerprint density at radius 2 is 2.28 bits per heavy atom. The zero-order chi connectivity index (χ0) is 13.3. The minimum absolute atomic E-state index is 0.0529. The van der Waals surface area contributed by atoms with E-state index >= 15 is 0 Å². The van der Waals surface area contributed by atoms with Gasteiger partial charge in [-0.15, -0.1) is 0 Å². The topological polar surface area (TPSA) is 99.2 Å². The van der Waals surface area contributed by atoms with Gasteiger partial charge in [0.1, 0.15) is 0 Å². The van der Waals surface area contributed by atoms with Gasteiger partial charge in [-0.3, -0.25) is 13.9 Å². The number of nitrogens with zero attached hydrogens (tertiary/aromatic N) is 4. The third kappa shape index (κ3) is 1.95. The fourth-order valence-electron chi connectivity index (χ4n) is 1.75. The van der Waals surface area contributed by atoms with E-state index in [1.165, 1.54) is 4.57 Å². The Morgan fingerprint density at radius 1 is 1.56 bits per heavy atom. The van der Waals surface area contributed by atoms with Gasteiger partial charge in [0.25, 0.3) is 5.95 Å². The van der Waals surface area contributed by atoms with Gasteiger partial charge < -0.3 is 15.6 Å². The van der Waals surface area contributed by atoms with Gasteiger partial charge in [-0.05, 0) is 0 Å². The monoisotopic (exact) mass is 254 g/mol. The first-order chi connectivity index (χ1) is 8.56. The normalized spacial score (nSPS) is 11.3. The molecule has 0 aliphatic rings. The fraction of sp³-hybridized carbons (Fsp3) is 0.500. The highest BCUT2D eigenvalue weighted by Gasteiger charge is 2.21. The summed E-state index contributed by atoms with van der Waals surface area (Å²) in [7, 11) is 3.33. The molecule has 8 heteroatoms. The molecule has 0 bridgehead atoms.